The number of halogens is 3. The molecule has 200 valence electrons. The predicted octanol–water partition coefficient (Wildman–Crippen LogP) is 5.01. The summed E-state index contributed by atoms with van der Waals surface area (Å²) in [6, 6.07) is 14.4. The van der Waals surface area contributed by atoms with Crippen LogP contribution in [0.15, 0.2) is 59.4 Å². The number of aromatic nitrogens is 2. The third-order valence-corrected chi connectivity index (χ3v) is 7.83. The maximum Gasteiger partial charge on any atom is 0.416 e. The number of nitrogens with zero attached hydrogens (tertiary/aromatic N) is 3. The van der Waals surface area contributed by atoms with Gasteiger partial charge in [0.2, 0.25) is 5.91 Å². The molecule has 2 aliphatic rings. The highest BCUT2D eigenvalue weighted by Crippen LogP contribution is 2.38. The molecule has 5 rings (SSSR count). The molecule has 0 bridgehead atoms. The minimum absolute atomic E-state index is 0.149. The first-order valence-electron chi connectivity index (χ1n) is 12.8. The highest BCUT2D eigenvalue weighted by molar-refractivity contribution is 7.80. The summed E-state index contributed by atoms with van der Waals surface area (Å²) in [7, 11) is 0. The van der Waals surface area contributed by atoms with Crippen molar-refractivity contribution in [3.8, 4) is 5.69 Å². The Labute approximate surface area is 224 Å². The third-order valence-electron chi connectivity index (χ3n) is 7.30. The molecule has 1 atom stereocenters. The number of nitrogens with one attached hydrogen (secondary N) is 1. The smallest absolute Gasteiger partial charge is 0.326 e. The van der Waals surface area contributed by atoms with Crippen LogP contribution in [0.4, 0.5) is 13.2 Å². The van der Waals surface area contributed by atoms with Gasteiger partial charge < -0.3 is 10.2 Å². The monoisotopic (exact) mass is 542 g/mol. The van der Waals surface area contributed by atoms with Crippen molar-refractivity contribution in [3.63, 3.8) is 0 Å². The molecule has 1 amide bonds. The number of amides is 1. The number of fused-ring (bicyclic) bond motifs is 1. The molecule has 6 nitrogen and oxygen atoms in total. The number of alkyl halides is 3. The van der Waals surface area contributed by atoms with Crippen molar-refractivity contribution >= 4 is 18.5 Å². The topological polar surface area (TPSA) is 67.2 Å². The van der Waals surface area contributed by atoms with E-state index in [1.165, 1.54) is 12.1 Å². The van der Waals surface area contributed by atoms with Gasteiger partial charge in [-0.05, 0) is 42.7 Å². The Hall–Kier alpha value is -3.11. The van der Waals surface area contributed by atoms with E-state index in [-0.39, 0.29) is 23.8 Å². The molecule has 2 aromatic carbocycles. The molecule has 1 N–H and O–H groups in total. The fourth-order valence-electron chi connectivity index (χ4n) is 4.96. The number of carbonyl (C=O) groups is 1. The highest BCUT2D eigenvalue weighted by Gasteiger charge is 2.35. The van der Waals surface area contributed by atoms with E-state index in [2.05, 4.69) is 5.32 Å². The molecule has 10 heteroatoms. The maximum absolute atomic E-state index is 13.8. The summed E-state index contributed by atoms with van der Waals surface area (Å²) in [4.78, 5) is 33.4. The summed E-state index contributed by atoms with van der Waals surface area (Å²) in [5.74, 6) is 0.894. The van der Waals surface area contributed by atoms with Crippen LogP contribution in [-0.2, 0) is 23.9 Å². The van der Waals surface area contributed by atoms with Crippen LogP contribution in [0.5, 0.6) is 0 Å². The fourth-order valence-corrected chi connectivity index (χ4v) is 5.47. The van der Waals surface area contributed by atoms with Gasteiger partial charge in [0, 0.05) is 38.4 Å². The van der Waals surface area contributed by atoms with Crippen molar-refractivity contribution in [2.45, 2.75) is 56.1 Å². The average molecular weight is 543 g/mol. The van der Waals surface area contributed by atoms with Crippen molar-refractivity contribution in [1.29, 1.82) is 0 Å². The van der Waals surface area contributed by atoms with Gasteiger partial charge in [0.25, 0.3) is 5.56 Å². The summed E-state index contributed by atoms with van der Waals surface area (Å²) in [6.45, 7) is 1.11. The second kappa shape index (κ2) is 10.9. The van der Waals surface area contributed by atoms with Gasteiger partial charge in [-0.15, -0.1) is 12.6 Å². The molecule has 1 fully saturated rings. The van der Waals surface area contributed by atoms with Crippen molar-refractivity contribution in [1.82, 2.24) is 19.8 Å². The number of rotatable bonds is 7. The van der Waals surface area contributed by atoms with E-state index >= 15 is 0 Å². The molecule has 0 radical (unpaired) electrons. The molecule has 0 saturated heterocycles. The Kier molecular flexibility index (Phi) is 7.63. The lowest BCUT2D eigenvalue weighted by atomic mass is 9.84. The van der Waals surface area contributed by atoms with Gasteiger partial charge in [-0.1, -0.05) is 36.8 Å². The molecule has 3 aromatic rings. The SMILES string of the molecule is O=C(CCNCc1ccc(C(F)(F)F)cc1)N1CCc2nc(C3CCC3)n(-c3ccccc3)c(=O)c2C1S. The zero-order chi connectivity index (χ0) is 26.9. The van der Waals surface area contributed by atoms with Gasteiger partial charge in [0.1, 0.15) is 11.2 Å². The molecule has 1 aromatic heterocycles. The van der Waals surface area contributed by atoms with Gasteiger partial charge in [-0.3, -0.25) is 14.2 Å². The number of benzene rings is 2. The second-order valence-corrected chi connectivity index (χ2v) is 10.3. The van der Waals surface area contributed by atoms with Gasteiger partial charge in [-0.2, -0.15) is 13.2 Å². The maximum atomic E-state index is 13.8. The molecule has 38 heavy (non-hydrogen) atoms. The molecular weight excluding hydrogens is 513 g/mol. The van der Waals surface area contributed by atoms with Crippen LogP contribution in [0, 0.1) is 0 Å². The van der Waals surface area contributed by atoms with E-state index in [9.17, 15) is 22.8 Å². The largest absolute Gasteiger partial charge is 0.416 e. The number of para-hydroxylation sites is 1. The lowest BCUT2D eigenvalue weighted by Crippen LogP contribution is -2.44. The van der Waals surface area contributed by atoms with E-state index in [1.54, 1.807) is 9.47 Å². The molecular formula is C28H29F3N4O2S. The van der Waals surface area contributed by atoms with E-state index in [4.69, 9.17) is 17.6 Å². The number of carbonyl (C=O) groups excluding carboxylic acids is 1. The summed E-state index contributed by atoms with van der Waals surface area (Å²) in [5, 5.41) is 2.40. The Morgan fingerprint density at radius 2 is 1.79 bits per heavy atom. The molecule has 2 heterocycles. The molecule has 1 unspecified atom stereocenters. The van der Waals surface area contributed by atoms with Gasteiger partial charge >= 0.3 is 6.18 Å². The standard InChI is InChI=1S/C28H29F3N4O2S/c29-28(30,31)20-11-9-18(10-12-20)17-32-15-13-23(36)34-16-14-22-24(27(34)38)26(37)35(21-7-2-1-3-8-21)25(33-22)19-5-4-6-19/h1-3,7-12,19,27,32,38H,4-6,13-17H2. The highest BCUT2D eigenvalue weighted by atomic mass is 32.1. The minimum atomic E-state index is -4.37. The van der Waals surface area contributed by atoms with Crippen molar-refractivity contribution in [3.05, 3.63) is 93.2 Å². The lowest BCUT2D eigenvalue weighted by Gasteiger charge is -2.35. The van der Waals surface area contributed by atoms with Gasteiger partial charge in [0.15, 0.2) is 0 Å². The number of hydrogen-bond acceptors (Lipinski definition) is 5. The molecule has 1 saturated carbocycles. The zero-order valence-corrected chi connectivity index (χ0v) is 21.6. The first-order chi connectivity index (χ1) is 18.2. The normalized spacial score (nSPS) is 17.7. The number of thiol groups is 1. The van der Waals surface area contributed by atoms with E-state index in [0.29, 0.717) is 42.9 Å². The fraction of sp³-hybridized carbons (Fsp3) is 0.393. The Balaban J connectivity index is 1.27. The quantitative estimate of drug-likeness (QED) is 0.325. The van der Waals surface area contributed by atoms with Crippen LogP contribution in [0.2, 0.25) is 0 Å². The first-order valence-corrected chi connectivity index (χ1v) is 13.3. The van der Waals surface area contributed by atoms with E-state index in [0.717, 1.165) is 42.9 Å². The Morgan fingerprint density at radius 1 is 1.08 bits per heavy atom. The minimum Gasteiger partial charge on any atom is -0.326 e. The lowest BCUT2D eigenvalue weighted by molar-refractivity contribution is -0.137. The van der Waals surface area contributed by atoms with Crippen LogP contribution in [0.25, 0.3) is 5.69 Å². The first kappa shape index (κ1) is 26.5. The van der Waals surface area contributed by atoms with Crippen LogP contribution in [0.3, 0.4) is 0 Å². The summed E-state index contributed by atoms with van der Waals surface area (Å²) in [6.07, 6.45) is -0.571. The predicted molar refractivity (Wildman–Crippen MR) is 141 cm³/mol. The van der Waals surface area contributed by atoms with Crippen molar-refractivity contribution < 1.29 is 18.0 Å². The second-order valence-electron chi connectivity index (χ2n) is 9.77. The number of hydrogen-bond donors (Lipinski definition) is 2. The van der Waals surface area contributed by atoms with E-state index in [1.807, 2.05) is 30.3 Å². The average Bonchev–Trinajstić information content (AvgIpc) is 2.86. The third kappa shape index (κ3) is 5.37. The van der Waals surface area contributed by atoms with Crippen LogP contribution < -0.4 is 10.9 Å². The van der Waals surface area contributed by atoms with Crippen LogP contribution in [0.1, 0.15) is 65.2 Å². The zero-order valence-electron chi connectivity index (χ0n) is 20.7. The Morgan fingerprint density at radius 3 is 2.42 bits per heavy atom. The summed E-state index contributed by atoms with van der Waals surface area (Å²) >= 11 is 4.70. The van der Waals surface area contributed by atoms with Gasteiger partial charge in [-0.25, -0.2) is 4.98 Å². The molecule has 1 aliphatic heterocycles. The molecule has 0 spiro atoms. The Bertz CT molecular complexity index is 1360. The summed E-state index contributed by atoms with van der Waals surface area (Å²) < 4.78 is 39.9. The van der Waals surface area contributed by atoms with E-state index < -0.39 is 17.1 Å². The van der Waals surface area contributed by atoms with Crippen LogP contribution >= 0.6 is 12.6 Å². The van der Waals surface area contributed by atoms with Gasteiger partial charge in [0.05, 0.1) is 22.5 Å². The molecule has 1 aliphatic carbocycles. The van der Waals surface area contributed by atoms with Crippen molar-refractivity contribution in [2.75, 3.05) is 13.1 Å². The summed E-state index contributed by atoms with van der Waals surface area (Å²) in [5.41, 5.74) is 1.74. The van der Waals surface area contributed by atoms with Crippen LogP contribution in [-0.4, -0.2) is 33.4 Å². The van der Waals surface area contributed by atoms with Crippen molar-refractivity contribution in [2.24, 2.45) is 0 Å².